The molecule has 4 heteroatoms. The van der Waals surface area contributed by atoms with E-state index in [9.17, 15) is 5.11 Å². The second kappa shape index (κ2) is 4.43. The highest BCUT2D eigenvalue weighted by Crippen LogP contribution is 2.25. The summed E-state index contributed by atoms with van der Waals surface area (Å²) in [7, 11) is 0. The van der Waals surface area contributed by atoms with Gasteiger partial charge in [-0.05, 0) is 25.1 Å². The molecule has 0 fully saturated rings. The van der Waals surface area contributed by atoms with Gasteiger partial charge in [0.2, 0.25) is 0 Å². The molecule has 0 saturated heterocycles. The van der Waals surface area contributed by atoms with Gasteiger partial charge in [0.1, 0.15) is 5.60 Å². The molecule has 0 saturated carbocycles. The van der Waals surface area contributed by atoms with Crippen LogP contribution in [-0.2, 0) is 6.42 Å². The Balaban J connectivity index is 2.46. The third-order valence-electron chi connectivity index (χ3n) is 2.71. The molecule has 0 bridgehead atoms. The maximum Gasteiger partial charge on any atom is 0.102 e. The Labute approximate surface area is 105 Å². The van der Waals surface area contributed by atoms with Crippen molar-refractivity contribution in [3.05, 3.63) is 47.9 Å². The molecule has 2 aromatic rings. The highest BCUT2D eigenvalue weighted by molar-refractivity contribution is 6.30. The molecule has 2 rings (SSSR count). The maximum absolute atomic E-state index is 10.1. The van der Waals surface area contributed by atoms with Crippen LogP contribution >= 0.6 is 11.6 Å². The van der Waals surface area contributed by atoms with Gasteiger partial charge in [-0.1, -0.05) is 18.2 Å². The van der Waals surface area contributed by atoms with Crippen molar-refractivity contribution in [3.63, 3.8) is 0 Å². The minimum Gasteiger partial charge on any atom is -0.384 e. The highest BCUT2D eigenvalue weighted by atomic mass is 35.5. The molecule has 1 unspecified atom stereocenters. The molecule has 2 heterocycles. The molecule has 2 aromatic heterocycles. The third kappa shape index (κ3) is 2.46. The van der Waals surface area contributed by atoms with Crippen molar-refractivity contribution >= 4 is 22.5 Å². The van der Waals surface area contributed by atoms with Crippen LogP contribution in [0.2, 0.25) is 0 Å². The first kappa shape index (κ1) is 12.0. The second-order valence-corrected chi connectivity index (χ2v) is 4.64. The van der Waals surface area contributed by atoms with Gasteiger partial charge in [-0.2, -0.15) is 0 Å². The van der Waals surface area contributed by atoms with Crippen molar-refractivity contribution < 1.29 is 5.11 Å². The summed E-state index contributed by atoms with van der Waals surface area (Å²) < 4.78 is 0. The van der Waals surface area contributed by atoms with E-state index in [0.29, 0.717) is 6.42 Å². The van der Waals surface area contributed by atoms with Crippen LogP contribution in [0.15, 0.2) is 42.2 Å². The van der Waals surface area contributed by atoms with E-state index < -0.39 is 5.60 Å². The van der Waals surface area contributed by atoms with Crippen molar-refractivity contribution in [2.45, 2.75) is 18.9 Å². The summed E-state index contributed by atoms with van der Waals surface area (Å²) >= 11 is 5.78. The molecule has 1 N–H and O–H groups in total. The first-order chi connectivity index (χ1) is 8.00. The maximum atomic E-state index is 10.1. The van der Waals surface area contributed by atoms with Crippen molar-refractivity contribution in [2.75, 3.05) is 0 Å². The average molecular weight is 249 g/mol. The summed E-state index contributed by atoms with van der Waals surface area (Å²) in [6.45, 7) is 5.20. The molecule has 0 aromatic carbocycles. The summed E-state index contributed by atoms with van der Waals surface area (Å²) in [6, 6.07) is 5.61. The van der Waals surface area contributed by atoms with E-state index in [1.807, 2.05) is 18.2 Å². The lowest BCUT2D eigenvalue weighted by molar-refractivity contribution is 0.107. The predicted molar refractivity (Wildman–Crippen MR) is 68.9 cm³/mol. The van der Waals surface area contributed by atoms with Gasteiger partial charge in [0.25, 0.3) is 0 Å². The molecule has 1 atom stereocenters. The zero-order chi connectivity index (χ0) is 12.5. The van der Waals surface area contributed by atoms with Crippen molar-refractivity contribution in [2.24, 2.45) is 0 Å². The molecule has 17 heavy (non-hydrogen) atoms. The van der Waals surface area contributed by atoms with Gasteiger partial charge >= 0.3 is 0 Å². The predicted octanol–water partition coefficient (Wildman–Crippen LogP) is 2.68. The van der Waals surface area contributed by atoms with E-state index in [0.717, 1.165) is 16.6 Å². The monoisotopic (exact) mass is 248 g/mol. The van der Waals surface area contributed by atoms with Gasteiger partial charge in [-0.15, -0.1) is 0 Å². The van der Waals surface area contributed by atoms with E-state index >= 15 is 0 Å². The van der Waals surface area contributed by atoms with Crippen LogP contribution in [0.5, 0.6) is 0 Å². The van der Waals surface area contributed by atoms with E-state index in [-0.39, 0.29) is 5.03 Å². The summed E-state index contributed by atoms with van der Waals surface area (Å²) in [5, 5.41) is 11.2. The summed E-state index contributed by atoms with van der Waals surface area (Å²) in [6.07, 6.45) is 3.72. The second-order valence-electron chi connectivity index (χ2n) is 4.18. The Morgan fingerprint density at radius 3 is 2.88 bits per heavy atom. The smallest absolute Gasteiger partial charge is 0.102 e. The fourth-order valence-electron chi connectivity index (χ4n) is 1.62. The van der Waals surface area contributed by atoms with Crippen LogP contribution in [0.4, 0.5) is 0 Å². The highest BCUT2D eigenvalue weighted by Gasteiger charge is 2.25. The van der Waals surface area contributed by atoms with Gasteiger partial charge < -0.3 is 5.11 Å². The van der Waals surface area contributed by atoms with Crippen LogP contribution < -0.4 is 0 Å². The number of halogens is 1. The van der Waals surface area contributed by atoms with Crippen LogP contribution in [0.25, 0.3) is 10.9 Å². The number of hydrogen-bond acceptors (Lipinski definition) is 3. The van der Waals surface area contributed by atoms with E-state index in [2.05, 4.69) is 16.5 Å². The number of pyridine rings is 2. The van der Waals surface area contributed by atoms with Crippen LogP contribution in [0.1, 0.15) is 12.6 Å². The lowest BCUT2D eigenvalue weighted by Crippen LogP contribution is -2.27. The minimum absolute atomic E-state index is 0.209. The Bertz CT molecular complexity index is 561. The van der Waals surface area contributed by atoms with Gasteiger partial charge in [0, 0.05) is 29.2 Å². The average Bonchev–Trinajstić information content (AvgIpc) is 2.29. The molecule has 3 nitrogen and oxygen atoms in total. The lowest BCUT2D eigenvalue weighted by Gasteiger charge is -2.21. The quantitative estimate of drug-likeness (QED) is 0.908. The summed E-state index contributed by atoms with van der Waals surface area (Å²) in [4.78, 5) is 8.51. The zero-order valence-electron chi connectivity index (χ0n) is 9.52. The number of hydrogen-bond donors (Lipinski definition) is 1. The Morgan fingerprint density at radius 1 is 1.41 bits per heavy atom. The number of aromatic nitrogens is 2. The Hall–Kier alpha value is -1.45. The van der Waals surface area contributed by atoms with Crippen molar-refractivity contribution in [1.29, 1.82) is 0 Å². The van der Waals surface area contributed by atoms with Gasteiger partial charge in [-0.3, -0.25) is 9.97 Å². The lowest BCUT2D eigenvalue weighted by atomic mass is 9.98. The minimum atomic E-state index is -1.17. The van der Waals surface area contributed by atoms with Crippen LogP contribution in [0.3, 0.4) is 0 Å². The van der Waals surface area contributed by atoms with Gasteiger partial charge in [-0.25, -0.2) is 0 Å². The first-order valence-electron chi connectivity index (χ1n) is 5.26. The fraction of sp³-hybridized carbons (Fsp3) is 0.231. The molecule has 88 valence electrons. The standard InChI is InChI=1S/C13H13ClN2O/c1-9(14)13(2,17)8-12-10-4-3-6-15-11(10)5-7-16-12/h3-7,17H,1,8H2,2H3. The number of rotatable bonds is 3. The number of fused-ring (bicyclic) bond motifs is 1. The van der Waals surface area contributed by atoms with Crippen molar-refractivity contribution in [1.82, 2.24) is 9.97 Å². The van der Waals surface area contributed by atoms with Crippen LogP contribution in [0, 0.1) is 0 Å². The zero-order valence-corrected chi connectivity index (χ0v) is 10.3. The molecule has 0 radical (unpaired) electrons. The van der Waals surface area contributed by atoms with Gasteiger partial charge in [0.05, 0.1) is 11.2 Å². The molecule has 0 amide bonds. The Morgan fingerprint density at radius 2 is 2.18 bits per heavy atom. The molecular weight excluding hydrogens is 236 g/mol. The van der Waals surface area contributed by atoms with Crippen LogP contribution in [-0.4, -0.2) is 20.7 Å². The largest absolute Gasteiger partial charge is 0.384 e. The van der Waals surface area contributed by atoms with Crippen molar-refractivity contribution in [3.8, 4) is 0 Å². The van der Waals surface area contributed by atoms with E-state index in [1.54, 1.807) is 19.3 Å². The van der Waals surface area contributed by atoms with E-state index in [1.165, 1.54) is 0 Å². The molecular formula is C13H13ClN2O. The summed E-state index contributed by atoms with van der Waals surface area (Å²) in [5.74, 6) is 0. The first-order valence-corrected chi connectivity index (χ1v) is 5.64. The number of nitrogens with zero attached hydrogens (tertiary/aromatic N) is 2. The normalized spacial score (nSPS) is 14.5. The third-order valence-corrected chi connectivity index (χ3v) is 3.12. The fourth-order valence-corrected chi connectivity index (χ4v) is 1.69. The summed E-state index contributed by atoms with van der Waals surface area (Å²) in [5.41, 5.74) is 0.453. The van der Waals surface area contributed by atoms with Gasteiger partial charge in [0.15, 0.2) is 0 Å². The SMILES string of the molecule is C=C(Cl)C(C)(O)Cc1nccc2ncccc12. The number of aliphatic hydroxyl groups is 1. The molecule has 0 aliphatic heterocycles. The topological polar surface area (TPSA) is 46.0 Å². The molecule has 0 aliphatic rings. The molecule has 0 aliphatic carbocycles. The van der Waals surface area contributed by atoms with E-state index in [4.69, 9.17) is 11.6 Å². The molecule has 0 spiro atoms. The Kier molecular flexibility index (Phi) is 3.13.